The number of nitrogens with one attached hydrogen (secondary N) is 1. The molecule has 1 aromatic heterocycles. The Labute approximate surface area is 126 Å². The lowest BCUT2D eigenvalue weighted by atomic mass is 9.88. The molecule has 0 amide bonds. The molecule has 0 spiro atoms. The van der Waals surface area contributed by atoms with Crippen molar-refractivity contribution in [2.75, 3.05) is 24.5 Å². The molecule has 1 unspecified atom stereocenters. The van der Waals surface area contributed by atoms with E-state index in [0.29, 0.717) is 11.9 Å². The summed E-state index contributed by atoms with van der Waals surface area (Å²) in [4.78, 5) is 19.0. The first-order chi connectivity index (χ1) is 10.2. The third-order valence-corrected chi connectivity index (χ3v) is 4.91. The molecule has 0 radical (unpaired) electrons. The van der Waals surface area contributed by atoms with E-state index in [9.17, 15) is 4.79 Å². The van der Waals surface area contributed by atoms with E-state index in [0.717, 1.165) is 31.8 Å². The fraction of sp³-hybridized carbons (Fsp3) is 0.750. The van der Waals surface area contributed by atoms with Gasteiger partial charge in [-0.25, -0.2) is 4.98 Å². The fourth-order valence-electron chi connectivity index (χ4n) is 3.67. The molecule has 21 heavy (non-hydrogen) atoms. The van der Waals surface area contributed by atoms with Crippen molar-refractivity contribution >= 4 is 5.82 Å². The summed E-state index contributed by atoms with van der Waals surface area (Å²) < 4.78 is 1.77. The van der Waals surface area contributed by atoms with E-state index in [2.05, 4.69) is 15.2 Å². The van der Waals surface area contributed by atoms with Gasteiger partial charge < -0.3 is 14.8 Å². The van der Waals surface area contributed by atoms with E-state index >= 15 is 0 Å². The van der Waals surface area contributed by atoms with Gasteiger partial charge in [-0.3, -0.25) is 4.79 Å². The van der Waals surface area contributed by atoms with E-state index in [1.54, 1.807) is 17.0 Å². The molecule has 0 aliphatic carbocycles. The Kier molecular flexibility index (Phi) is 4.29. The highest BCUT2D eigenvalue weighted by molar-refractivity contribution is 5.36. The zero-order valence-corrected chi connectivity index (χ0v) is 13.1. The predicted molar refractivity (Wildman–Crippen MR) is 84.8 cm³/mol. The minimum absolute atomic E-state index is 0.0462. The molecule has 0 aromatic carbocycles. The first-order valence-electron chi connectivity index (χ1n) is 8.22. The van der Waals surface area contributed by atoms with Crippen molar-refractivity contribution in [2.45, 2.75) is 51.6 Å². The van der Waals surface area contributed by atoms with E-state index < -0.39 is 0 Å². The predicted octanol–water partition coefficient (Wildman–Crippen LogP) is 1.79. The Morgan fingerprint density at radius 3 is 2.67 bits per heavy atom. The summed E-state index contributed by atoms with van der Waals surface area (Å²) in [6.45, 7) is 7.14. The number of piperidine rings is 1. The van der Waals surface area contributed by atoms with Crippen molar-refractivity contribution in [3.05, 3.63) is 22.7 Å². The van der Waals surface area contributed by atoms with Crippen molar-refractivity contribution in [1.82, 2.24) is 14.9 Å². The first-order valence-corrected chi connectivity index (χ1v) is 8.22. The maximum Gasteiger partial charge on any atom is 0.293 e. The van der Waals surface area contributed by atoms with Crippen molar-refractivity contribution in [1.29, 1.82) is 0 Å². The van der Waals surface area contributed by atoms with Crippen LogP contribution in [-0.2, 0) is 0 Å². The molecular formula is C16H26N4O. The summed E-state index contributed by atoms with van der Waals surface area (Å²) in [7, 11) is 0. The van der Waals surface area contributed by atoms with Gasteiger partial charge >= 0.3 is 0 Å². The van der Waals surface area contributed by atoms with Gasteiger partial charge in [0.25, 0.3) is 5.56 Å². The highest BCUT2D eigenvalue weighted by Gasteiger charge is 2.29. The van der Waals surface area contributed by atoms with Gasteiger partial charge in [0.15, 0.2) is 5.82 Å². The standard InChI is InChI=1S/C16H26N4O/c1-12(2)20-11-8-18-15(16(20)21)19-9-5-13(6-10-19)14-4-3-7-17-14/h8,11-14,17H,3-7,9-10H2,1-2H3. The largest absolute Gasteiger partial charge is 0.352 e. The van der Waals surface area contributed by atoms with Crippen LogP contribution in [0.15, 0.2) is 17.2 Å². The van der Waals surface area contributed by atoms with Gasteiger partial charge in [-0.2, -0.15) is 0 Å². The Hall–Kier alpha value is -1.36. The Morgan fingerprint density at radius 1 is 1.29 bits per heavy atom. The minimum atomic E-state index is 0.0462. The monoisotopic (exact) mass is 290 g/mol. The van der Waals surface area contributed by atoms with Crippen LogP contribution in [0.5, 0.6) is 0 Å². The summed E-state index contributed by atoms with van der Waals surface area (Å²) >= 11 is 0. The quantitative estimate of drug-likeness (QED) is 0.922. The number of aromatic nitrogens is 2. The molecule has 3 rings (SSSR count). The second-order valence-corrected chi connectivity index (χ2v) is 6.58. The smallest absolute Gasteiger partial charge is 0.293 e. The Morgan fingerprint density at radius 2 is 2.05 bits per heavy atom. The maximum absolute atomic E-state index is 12.5. The molecule has 2 saturated heterocycles. The molecule has 1 aromatic rings. The number of hydrogen-bond donors (Lipinski definition) is 1. The molecule has 2 fully saturated rings. The van der Waals surface area contributed by atoms with Gasteiger partial charge in [0.05, 0.1) is 0 Å². The van der Waals surface area contributed by atoms with Crippen LogP contribution in [0.4, 0.5) is 5.82 Å². The summed E-state index contributed by atoms with van der Waals surface area (Å²) in [5.41, 5.74) is 0.0462. The third-order valence-electron chi connectivity index (χ3n) is 4.91. The normalized spacial score (nSPS) is 24.0. The molecule has 0 bridgehead atoms. The minimum Gasteiger partial charge on any atom is -0.352 e. The highest BCUT2D eigenvalue weighted by Crippen LogP contribution is 2.26. The lowest BCUT2D eigenvalue weighted by Gasteiger charge is -2.35. The molecular weight excluding hydrogens is 264 g/mol. The molecule has 1 atom stereocenters. The lowest BCUT2D eigenvalue weighted by Crippen LogP contribution is -2.43. The molecule has 5 nitrogen and oxygen atoms in total. The van der Waals surface area contributed by atoms with Gasteiger partial charge in [0.2, 0.25) is 0 Å². The van der Waals surface area contributed by atoms with Crippen molar-refractivity contribution in [3.63, 3.8) is 0 Å². The van der Waals surface area contributed by atoms with Crippen LogP contribution in [0.1, 0.15) is 45.6 Å². The van der Waals surface area contributed by atoms with E-state index in [-0.39, 0.29) is 11.6 Å². The van der Waals surface area contributed by atoms with Gasteiger partial charge in [-0.05, 0) is 52.0 Å². The molecule has 5 heteroatoms. The highest BCUT2D eigenvalue weighted by atomic mass is 16.1. The van der Waals surface area contributed by atoms with Crippen LogP contribution >= 0.6 is 0 Å². The average Bonchev–Trinajstić information content (AvgIpc) is 3.02. The summed E-state index contributed by atoms with van der Waals surface area (Å²) in [5.74, 6) is 1.39. The van der Waals surface area contributed by atoms with Gasteiger partial charge in [-0.15, -0.1) is 0 Å². The van der Waals surface area contributed by atoms with Crippen LogP contribution in [0.3, 0.4) is 0 Å². The second kappa shape index (κ2) is 6.18. The van der Waals surface area contributed by atoms with E-state index in [1.807, 2.05) is 13.8 Å². The van der Waals surface area contributed by atoms with Gasteiger partial charge in [0, 0.05) is 37.6 Å². The zero-order chi connectivity index (χ0) is 14.8. The molecule has 2 aliphatic rings. The van der Waals surface area contributed by atoms with Crippen LogP contribution < -0.4 is 15.8 Å². The fourth-order valence-corrected chi connectivity index (χ4v) is 3.67. The topological polar surface area (TPSA) is 50.2 Å². The van der Waals surface area contributed by atoms with E-state index in [1.165, 1.54) is 19.4 Å². The van der Waals surface area contributed by atoms with Crippen molar-refractivity contribution < 1.29 is 0 Å². The number of hydrogen-bond acceptors (Lipinski definition) is 4. The first kappa shape index (κ1) is 14.6. The van der Waals surface area contributed by atoms with E-state index in [4.69, 9.17) is 0 Å². The van der Waals surface area contributed by atoms with Crippen LogP contribution in [0, 0.1) is 5.92 Å². The third kappa shape index (κ3) is 2.98. The number of rotatable bonds is 3. The Bertz CT molecular complexity index is 525. The van der Waals surface area contributed by atoms with Gasteiger partial charge in [0.1, 0.15) is 0 Å². The number of anilines is 1. The lowest BCUT2D eigenvalue weighted by molar-refractivity contribution is 0.318. The van der Waals surface area contributed by atoms with Crippen LogP contribution in [0.25, 0.3) is 0 Å². The zero-order valence-electron chi connectivity index (χ0n) is 13.1. The molecule has 116 valence electrons. The molecule has 1 N–H and O–H groups in total. The maximum atomic E-state index is 12.5. The van der Waals surface area contributed by atoms with Crippen LogP contribution in [-0.4, -0.2) is 35.2 Å². The molecule has 2 aliphatic heterocycles. The Balaban J connectivity index is 1.69. The SMILES string of the molecule is CC(C)n1ccnc(N2CCC(C3CCCN3)CC2)c1=O. The van der Waals surface area contributed by atoms with Gasteiger partial charge in [-0.1, -0.05) is 0 Å². The van der Waals surface area contributed by atoms with Crippen LogP contribution in [0.2, 0.25) is 0 Å². The van der Waals surface area contributed by atoms with Crippen molar-refractivity contribution in [3.8, 4) is 0 Å². The molecule has 3 heterocycles. The number of nitrogens with zero attached hydrogens (tertiary/aromatic N) is 3. The second-order valence-electron chi connectivity index (χ2n) is 6.58. The summed E-state index contributed by atoms with van der Waals surface area (Å²) in [5, 5.41) is 3.62. The molecule has 0 saturated carbocycles. The summed E-state index contributed by atoms with van der Waals surface area (Å²) in [6.07, 6.45) is 8.48. The average molecular weight is 290 g/mol. The summed E-state index contributed by atoms with van der Waals surface area (Å²) in [6, 6.07) is 0.877. The van der Waals surface area contributed by atoms with Crippen molar-refractivity contribution in [2.24, 2.45) is 5.92 Å².